The molecule has 3 aromatic heterocycles. The number of benzene rings is 8. The third-order valence-electron chi connectivity index (χ3n) is 11.8. The van der Waals surface area contributed by atoms with Gasteiger partial charge in [0.05, 0.1) is 15.9 Å². The minimum Gasteiger partial charge on any atom is -0.246 e. The number of thiophene rings is 1. The fourth-order valence-electron chi connectivity index (χ4n) is 9.11. The standard InChI is InChI=1S/C55H34N4S/c1-3-16-34(17-4-1)40-29-15-30-46-49(40)50-45-28-11-12-31-47(45)60-52(50)51(56-46)37-21-14-23-39(33-37)55-58-53(35-18-5-2-6-19-35)57-54(59-55)38-22-13-20-36(32-38)48-43-26-9-7-24-41(43)42-25-8-10-27-44(42)48/h1-33,48H. The van der Waals surface area contributed by atoms with Crippen molar-refractivity contribution in [3.63, 3.8) is 0 Å². The van der Waals surface area contributed by atoms with E-state index in [1.165, 1.54) is 59.8 Å². The van der Waals surface area contributed by atoms with E-state index in [1.807, 2.05) is 18.2 Å². The average Bonchev–Trinajstić information content (AvgIpc) is 3.88. The lowest BCUT2D eigenvalue weighted by molar-refractivity contribution is 1.01. The van der Waals surface area contributed by atoms with Gasteiger partial charge in [0.15, 0.2) is 17.5 Å². The number of hydrogen-bond acceptors (Lipinski definition) is 5. The topological polar surface area (TPSA) is 51.6 Å². The highest BCUT2D eigenvalue weighted by molar-refractivity contribution is 7.26. The summed E-state index contributed by atoms with van der Waals surface area (Å²) in [4.78, 5) is 21.0. The molecule has 0 aliphatic heterocycles. The van der Waals surface area contributed by atoms with E-state index >= 15 is 0 Å². The molecule has 8 aromatic carbocycles. The van der Waals surface area contributed by atoms with Crippen LogP contribution in [0, 0.1) is 0 Å². The Labute approximate surface area is 351 Å². The van der Waals surface area contributed by atoms with Crippen molar-refractivity contribution in [2.24, 2.45) is 0 Å². The van der Waals surface area contributed by atoms with Gasteiger partial charge in [-0.3, -0.25) is 0 Å². The quantitative estimate of drug-likeness (QED) is 0.169. The Morgan fingerprint density at radius 2 is 0.900 bits per heavy atom. The highest BCUT2D eigenvalue weighted by Crippen LogP contribution is 2.49. The lowest BCUT2D eigenvalue weighted by Crippen LogP contribution is -2.02. The van der Waals surface area contributed by atoms with E-state index in [-0.39, 0.29) is 5.92 Å². The molecular weight excluding hydrogens is 749 g/mol. The highest BCUT2D eigenvalue weighted by Gasteiger charge is 2.29. The Morgan fingerprint density at radius 3 is 1.63 bits per heavy atom. The zero-order valence-corrected chi connectivity index (χ0v) is 33.1. The average molecular weight is 783 g/mol. The van der Waals surface area contributed by atoms with Crippen LogP contribution in [-0.2, 0) is 0 Å². The van der Waals surface area contributed by atoms with E-state index in [0.717, 1.165) is 38.2 Å². The Morgan fingerprint density at radius 1 is 0.367 bits per heavy atom. The summed E-state index contributed by atoms with van der Waals surface area (Å²) >= 11 is 1.80. The Bertz CT molecular complexity index is 3400. The maximum absolute atomic E-state index is 5.46. The number of fused-ring (bicyclic) bond motifs is 8. The van der Waals surface area contributed by atoms with Crippen molar-refractivity contribution < 1.29 is 0 Å². The molecule has 1 aliphatic carbocycles. The third kappa shape index (κ3) is 5.66. The van der Waals surface area contributed by atoms with Gasteiger partial charge < -0.3 is 0 Å². The number of nitrogens with zero attached hydrogens (tertiary/aromatic N) is 4. The Kier molecular flexibility index (Phi) is 8.06. The normalized spacial score (nSPS) is 12.3. The van der Waals surface area contributed by atoms with Crippen LogP contribution < -0.4 is 0 Å². The van der Waals surface area contributed by atoms with Crippen molar-refractivity contribution in [2.45, 2.75) is 5.92 Å². The molecule has 0 radical (unpaired) electrons. The second-order valence-electron chi connectivity index (χ2n) is 15.3. The molecule has 11 aromatic rings. The molecule has 1 aliphatic rings. The summed E-state index contributed by atoms with van der Waals surface area (Å²) in [5.74, 6) is 2.00. The lowest BCUT2D eigenvalue weighted by atomic mass is 9.88. The minimum atomic E-state index is 0.118. The van der Waals surface area contributed by atoms with Crippen LogP contribution in [0.3, 0.4) is 0 Å². The van der Waals surface area contributed by atoms with Crippen LogP contribution in [0.25, 0.3) is 98.7 Å². The molecule has 0 fully saturated rings. The lowest BCUT2D eigenvalue weighted by Gasteiger charge is -2.16. The van der Waals surface area contributed by atoms with Crippen molar-refractivity contribution in [3.8, 4) is 67.7 Å². The summed E-state index contributed by atoms with van der Waals surface area (Å²) in [5, 5.41) is 3.66. The van der Waals surface area contributed by atoms with Gasteiger partial charge in [0.1, 0.15) is 0 Å². The van der Waals surface area contributed by atoms with Crippen molar-refractivity contribution in [3.05, 3.63) is 217 Å². The maximum atomic E-state index is 5.46. The zero-order valence-electron chi connectivity index (χ0n) is 32.3. The van der Waals surface area contributed by atoms with Gasteiger partial charge in [0.25, 0.3) is 0 Å². The second kappa shape index (κ2) is 14.0. The summed E-state index contributed by atoms with van der Waals surface area (Å²) in [5.41, 5.74) is 14.5. The minimum absolute atomic E-state index is 0.118. The molecular formula is C55H34N4S. The van der Waals surface area contributed by atoms with Crippen LogP contribution in [-0.4, -0.2) is 19.9 Å². The summed E-state index contributed by atoms with van der Waals surface area (Å²) < 4.78 is 2.40. The maximum Gasteiger partial charge on any atom is 0.164 e. The zero-order chi connectivity index (χ0) is 39.6. The summed E-state index contributed by atoms with van der Waals surface area (Å²) in [6.07, 6.45) is 0. The van der Waals surface area contributed by atoms with Gasteiger partial charge in [-0.2, -0.15) is 0 Å². The largest absolute Gasteiger partial charge is 0.246 e. The van der Waals surface area contributed by atoms with Gasteiger partial charge in [-0.15, -0.1) is 11.3 Å². The van der Waals surface area contributed by atoms with Crippen LogP contribution in [0.2, 0.25) is 0 Å². The molecule has 3 heterocycles. The van der Waals surface area contributed by atoms with Gasteiger partial charge in [-0.05, 0) is 63.2 Å². The molecule has 12 rings (SSSR count). The highest BCUT2D eigenvalue weighted by atomic mass is 32.1. The molecule has 60 heavy (non-hydrogen) atoms. The molecule has 0 spiro atoms. The van der Waals surface area contributed by atoms with Gasteiger partial charge in [0.2, 0.25) is 0 Å². The summed E-state index contributed by atoms with van der Waals surface area (Å²) in [6.45, 7) is 0. The monoisotopic (exact) mass is 782 g/mol. The van der Waals surface area contributed by atoms with E-state index in [9.17, 15) is 0 Å². The first kappa shape index (κ1) is 34.4. The third-order valence-corrected chi connectivity index (χ3v) is 13.0. The summed E-state index contributed by atoms with van der Waals surface area (Å²) in [7, 11) is 0. The first-order valence-corrected chi connectivity index (χ1v) is 21.1. The fraction of sp³-hybridized carbons (Fsp3) is 0.0182. The van der Waals surface area contributed by atoms with Crippen LogP contribution in [0.4, 0.5) is 0 Å². The number of pyridine rings is 1. The number of hydrogen-bond donors (Lipinski definition) is 0. The van der Waals surface area contributed by atoms with Gasteiger partial charge in [0, 0.05) is 49.0 Å². The first-order chi connectivity index (χ1) is 29.7. The van der Waals surface area contributed by atoms with E-state index in [4.69, 9.17) is 19.9 Å². The smallest absolute Gasteiger partial charge is 0.164 e. The van der Waals surface area contributed by atoms with E-state index in [0.29, 0.717) is 17.5 Å². The molecule has 4 nitrogen and oxygen atoms in total. The van der Waals surface area contributed by atoms with Crippen molar-refractivity contribution in [2.75, 3.05) is 0 Å². The van der Waals surface area contributed by atoms with E-state index in [1.54, 1.807) is 11.3 Å². The molecule has 0 saturated carbocycles. The number of aromatic nitrogens is 4. The van der Waals surface area contributed by atoms with Crippen LogP contribution in [0.15, 0.2) is 200 Å². The molecule has 0 atom stereocenters. The van der Waals surface area contributed by atoms with Gasteiger partial charge in [-0.25, -0.2) is 19.9 Å². The molecule has 5 heteroatoms. The molecule has 0 bridgehead atoms. The van der Waals surface area contributed by atoms with Crippen molar-refractivity contribution in [1.82, 2.24) is 19.9 Å². The predicted octanol–water partition coefficient (Wildman–Crippen LogP) is 14.3. The van der Waals surface area contributed by atoms with E-state index in [2.05, 4.69) is 182 Å². The van der Waals surface area contributed by atoms with Crippen LogP contribution in [0.5, 0.6) is 0 Å². The SMILES string of the molecule is c1ccc(-c2nc(-c3cccc(-c4nc5cccc(-c6ccccc6)c5c5c4sc4ccccc45)c3)nc(-c3cccc(C4c5ccccc5-c5ccccc54)c3)n2)cc1. The molecule has 0 N–H and O–H groups in total. The van der Waals surface area contributed by atoms with Crippen LogP contribution >= 0.6 is 11.3 Å². The summed E-state index contributed by atoms with van der Waals surface area (Å²) in [6, 6.07) is 70.8. The van der Waals surface area contributed by atoms with Crippen molar-refractivity contribution in [1.29, 1.82) is 0 Å². The van der Waals surface area contributed by atoms with Crippen LogP contribution in [0.1, 0.15) is 22.6 Å². The Balaban J connectivity index is 1.02. The molecule has 280 valence electrons. The van der Waals surface area contributed by atoms with Gasteiger partial charge >= 0.3 is 0 Å². The first-order valence-electron chi connectivity index (χ1n) is 20.3. The molecule has 0 unspecified atom stereocenters. The second-order valence-corrected chi connectivity index (χ2v) is 16.4. The van der Waals surface area contributed by atoms with Crippen molar-refractivity contribution >= 4 is 42.4 Å². The Hall–Kier alpha value is -7.60. The fourth-order valence-corrected chi connectivity index (χ4v) is 10.3. The van der Waals surface area contributed by atoms with E-state index < -0.39 is 0 Å². The van der Waals surface area contributed by atoms with Gasteiger partial charge in [-0.1, -0.05) is 176 Å². The number of rotatable bonds is 6. The molecule has 0 amide bonds. The predicted molar refractivity (Wildman–Crippen MR) is 248 cm³/mol. The molecule has 0 saturated heterocycles.